The van der Waals surface area contributed by atoms with Crippen molar-refractivity contribution >= 4 is 0 Å². The molecule has 0 spiro atoms. The maximum atomic E-state index is 10.2. The molecule has 2 heteroatoms. The zero-order chi connectivity index (χ0) is 12.1. The van der Waals surface area contributed by atoms with Gasteiger partial charge in [0.25, 0.3) is 0 Å². The fourth-order valence-corrected chi connectivity index (χ4v) is 2.24. The van der Waals surface area contributed by atoms with Crippen LogP contribution in [-0.4, -0.2) is 17.8 Å². The number of benzene rings is 1. The average molecular weight is 230 g/mol. The highest BCUT2D eigenvalue weighted by Gasteiger charge is 2.26. The van der Waals surface area contributed by atoms with Crippen LogP contribution < -0.4 is 0 Å². The normalized spacial score (nSPS) is 20.0. The van der Waals surface area contributed by atoms with E-state index in [1.54, 1.807) is 0 Å². The third kappa shape index (κ3) is 2.88. The number of ether oxygens (including phenoxy) is 1. The zero-order valence-electron chi connectivity index (χ0n) is 10.1. The van der Waals surface area contributed by atoms with E-state index in [4.69, 9.17) is 4.74 Å². The molecule has 1 aromatic rings. The standard InChI is InChI=1S/C15H18O2/c1-2-3-4-9-14(16)15-13-8-6-5-7-12(13)10-11-17-15/h5-8,14-16H,4,9-11H2,1H3. The van der Waals surface area contributed by atoms with Gasteiger partial charge in [0.05, 0.1) is 12.7 Å². The van der Waals surface area contributed by atoms with Crippen LogP contribution in [0.5, 0.6) is 0 Å². The highest BCUT2D eigenvalue weighted by atomic mass is 16.5. The van der Waals surface area contributed by atoms with E-state index in [0.29, 0.717) is 13.0 Å². The molecule has 0 saturated carbocycles. The van der Waals surface area contributed by atoms with Crippen LogP contribution >= 0.6 is 0 Å². The molecule has 1 aromatic carbocycles. The molecule has 2 unspecified atom stereocenters. The Bertz CT molecular complexity index is 428. The molecule has 2 atom stereocenters. The van der Waals surface area contributed by atoms with Crippen molar-refractivity contribution in [3.8, 4) is 11.8 Å². The van der Waals surface area contributed by atoms with E-state index in [0.717, 1.165) is 18.4 Å². The second-order valence-corrected chi connectivity index (χ2v) is 4.27. The lowest BCUT2D eigenvalue weighted by Crippen LogP contribution is -2.26. The maximum Gasteiger partial charge on any atom is 0.109 e. The molecule has 0 radical (unpaired) electrons. The molecule has 2 rings (SSSR count). The summed E-state index contributed by atoms with van der Waals surface area (Å²) in [5.41, 5.74) is 2.43. The quantitative estimate of drug-likeness (QED) is 0.808. The molecule has 0 aliphatic carbocycles. The van der Waals surface area contributed by atoms with E-state index in [9.17, 15) is 5.11 Å². The molecule has 1 N–H and O–H groups in total. The molecule has 17 heavy (non-hydrogen) atoms. The van der Waals surface area contributed by atoms with Crippen molar-refractivity contribution in [1.82, 2.24) is 0 Å². The topological polar surface area (TPSA) is 29.5 Å². The Kier molecular flexibility index (Phi) is 4.19. The van der Waals surface area contributed by atoms with Gasteiger partial charge >= 0.3 is 0 Å². The Morgan fingerprint density at radius 2 is 2.29 bits per heavy atom. The van der Waals surface area contributed by atoms with Gasteiger partial charge < -0.3 is 9.84 Å². The zero-order valence-corrected chi connectivity index (χ0v) is 10.1. The minimum Gasteiger partial charge on any atom is -0.390 e. The lowest BCUT2D eigenvalue weighted by Gasteiger charge is -2.29. The van der Waals surface area contributed by atoms with Crippen molar-refractivity contribution in [1.29, 1.82) is 0 Å². The molecule has 0 saturated heterocycles. The molecule has 0 fully saturated rings. The third-order valence-corrected chi connectivity index (χ3v) is 3.12. The summed E-state index contributed by atoms with van der Waals surface area (Å²) in [5, 5.41) is 10.2. The van der Waals surface area contributed by atoms with Gasteiger partial charge in [0, 0.05) is 6.42 Å². The molecule has 0 amide bonds. The Labute approximate surface area is 103 Å². The van der Waals surface area contributed by atoms with E-state index in [-0.39, 0.29) is 6.10 Å². The molecule has 2 nitrogen and oxygen atoms in total. The molecular weight excluding hydrogens is 212 g/mol. The van der Waals surface area contributed by atoms with Crippen molar-refractivity contribution in [3.63, 3.8) is 0 Å². The van der Waals surface area contributed by atoms with Gasteiger partial charge in [0.15, 0.2) is 0 Å². The van der Waals surface area contributed by atoms with Crippen LogP contribution in [0.1, 0.15) is 37.0 Å². The smallest absolute Gasteiger partial charge is 0.109 e. The maximum absolute atomic E-state index is 10.2. The SMILES string of the molecule is CC#CCCC(O)C1OCCc2ccccc21. The fraction of sp³-hybridized carbons (Fsp3) is 0.467. The first-order valence-electron chi connectivity index (χ1n) is 6.10. The van der Waals surface area contributed by atoms with Gasteiger partial charge in [-0.15, -0.1) is 11.8 Å². The van der Waals surface area contributed by atoms with Crippen molar-refractivity contribution in [3.05, 3.63) is 35.4 Å². The Hall–Kier alpha value is -1.30. The average Bonchev–Trinajstić information content (AvgIpc) is 2.38. The largest absolute Gasteiger partial charge is 0.390 e. The summed E-state index contributed by atoms with van der Waals surface area (Å²) in [6.45, 7) is 2.51. The van der Waals surface area contributed by atoms with Gasteiger partial charge in [-0.05, 0) is 30.9 Å². The van der Waals surface area contributed by atoms with Crippen LogP contribution in [0.3, 0.4) is 0 Å². The van der Waals surface area contributed by atoms with E-state index in [1.807, 2.05) is 25.1 Å². The fourth-order valence-electron chi connectivity index (χ4n) is 2.24. The number of hydrogen-bond donors (Lipinski definition) is 1. The highest BCUT2D eigenvalue weighted by molar-refractivity contribution is 5.31. The first-order valence-corrected chi connectivity index (χ1v) is 6.10. The van der Waals surface area contributed by atoms with Crippen LogP contribution in [0.15, 0.2) is 24.3 Å². The molecule has 0 aromatic heterocycles. The Morgan fingerprint density at radius 3 is 3.12 bits per heavy atom. The van der Waals surface area contributed by atoms with Gasteiger partial charge in [0.1, 0.15) is 6.10 Å². The summed E-state index contributed by atoms with van der Waals surface area (Å²) in [6.07, 6.45) is 1.68. The van der Waals surface area contributed by atoms with Crippen molar-refractivity contribution in [2.24, 2.45) is 0 Å². The van der Waals surface area contributed by atoms with Crippen molar-refractivity contribution < 1.29 is 9.84 Å². The summed E-state index contributed by atoms with van der Waals surface area (Å²) in [6, 6.07) is 8.20. The van der Waals surface area contributed by atoms with Gasteiger partial charge in [-0.2, -0.15) is 0 Å². The van der Waals surface area contributed by atoms with E-state index < -0.39 is 6.10 Å². The lowest BCUT2D eigenvalue weighted by molar-refractivity contribution is -0.0489. The third-order valence-electron chi connectivity index (χ3n) is 3.12. The van der Waals surface area contributed by atoms with Crippen LogP contribution in [-0.2, 0) is 11.2 Å². The van der Waals surface area contributed by atoms with Gasteiger partial charge in [-0.1, -0.05) is 24.3 Å². The van der Waals surface area contributed by atoms with E-state index >= 15 is 0 Å². The van der Waals surface area contributed by atoms with Crippen molar-refractivity contribution in [2.75, 3.05) is 6.61 Å². The number of aliphatic hydroxyl groups is 1. The first-order chi connectivity index (χ1) is 8.33. The highest BCUT2D eigenvalue weighted by Crippen LogP contribution is 2.30. The molecular formula is C15H18O2. The summed E-state index contributed by atoms with van der Waals surface area (Å²) in [4.78, 5) is 0. The molecule has 1 aliphatic rings. The molecule has 1 aliphatic heterocycles. The van der Waals surface area contributed by atoms with E-state index in [1.165, 1.54) is 5.56 Å². The summed E-state index contributed by atoms with van der Waals surface area (Å²) >= 11 is 0. The summed E-state index contributed by atoms with van der Waals surface area (Å²) < 4.78 is 5.70. The van der Waals surface area contributed by atoms with Gasteiger partial charge in [-0.3, -0.25) is 0 Å². The predicted molar refractivity (Wildman–Crippen MR) is 67.5 cm³/mol. The Morgan fingerprint density at radius 1 is 1.47 bits per heavy atom. The van der Waals surface area contributed by atoms with Gasteiger partial charge in [-0.25, -0.2) is 0 Å². The van der Waals surface area contributed by atoms with Crippen LogP contribution in [0.25, 0.3) is 0 Å². The summed E-state index contributed by atoms with van der Waals surface area (Å²) in [5.74, 6) is 5.82. The minimum atomic E-state index is -0.461. The number of fused-ring (bicyclic) bond motifs is 1. The molecule has 90 valence electrons. The number of hydrogen-bond acceptors (Lipinski definition) is 2. The first kappa shape index (κ1) is 12.2. The second kappa shape index (κ2) is 5.86. The monoisotopic (exact) mass is 230 g/mol. The number of aliphatic hydroxyl groups excluding tert-OH is 1. The van der Waals surface area contributed by atoms with E-state index in [2.05, 4.69) is 17.9 Å². The van der Waals surface area contributed by atoms with Crippen LogP contribution in [0, 0.1) is 11.8 Å². The number of rotatable bonds is 3. The van der Waals surface area contributed by atoms with Gasteiger partial charge in [0.2, 0.25) is 0 Å². The van der Waals surface area contributed by atoms with Crippen LogP contribution in [0.2, 0.25) is 0 Å². The second-order valence-electron chi connectivity index (χ2n) is 4.27. The lowest BCUT2D eigenvalue weighted by atomic mass is 9.93. The molecule has 1 heterocycles. The predicted octanol–water partition coefficient (Wildman–Crippen LogP) is 2.46. The Balaban J connectivity index is 2.08. The minimum absolute atomic E-state index is 0.182. The van der Waals surface area contributed by atoms with Crippen LogP contribution in [0.4, 0.5) is 0 Å². The molecule has 0 bridgehead atoms. The summed E-state index contributed by atoms with van der Waals surface area (Å²) in [7, 11) is 0. The van der Waals surface area contributed by atoms with Crippen molar-refractivity contribution in [2.45, 2.75) is 38.4 Å².